The number of ether oxygens (including phenoxy) is 1. The summed E-state index contributed by atoms with van der Waals surface area (Å²) in [7, 11) is 1.59. The number of benzene rings is 3. The van der Waals surface area contributed by atoms with Gasteiger partial charge in [0.15, 0.2) is 0 Å². The molecule has 0 amide bonds. The molecule has 0 aliphatic rings. The zero-order chi connectivity index (χ0) is 20.2. The molecular weight excluding hydrogens is 364 g/mol. The summed E-state index contributed by atoms with van der Waals surface area (Å²) < 4.78 is 5.21. The van der Waals surface area contributed by atoms with Crippen LogP contribution in [0.1, 0.15) is 0 Å². The summed E-state index contributed by atoms with van der Waals surface area (Å²) in [4.78, 5) is 8.91. The Morgan fingerprint density at radius 2 is 1.69 bits per heavy atom. The normalized spacial score (nSPS) is 10.5. The molecule has 1 aromatic heterocycles. The minimum atomic E-state index is 0.232. The van der Waals surface area contributed by atoms with Gasteiger partial charge in [0.25, 0.3) is 0 Å². The Bertz CT molecular complexity index is 1160. The number of anilines is 3. The summed E-state index contributed by atoms with van der Waals surface area (Å²) in [5.41, 5.74) is 10.9. The van der Waals surface area contributed by atoms with Gasteiger partial charge in [-0.2, -0.15) is 0 Å². The maximum Gasteiger partial charge on any atom is 0.227 e. The zero-order valence-electron chi connectivity index (χ0n) is 15.8. The second-order valence-corrected chi connectivity index (χ2v) is 6.48. The lowest BCUT2D eigenvalue weighted by molar-refractivity contribution is 0.417. The van der Waals surface area contributed by atoms with Crippen molar-refractivity contribution in [1.29, 1.82) is 0 Å². The first-order chi connectivity index (χ1) is 14.1. The average Bonchev–Trinajstić information content (AvgIpc) is 2.74. The van der Waals surface area contributed by atoms with E-state index in [1.165, 1.54) is 0 Å². The Hall–Kier alpha value is -4.06. The van der Waals surface area contributed by atoms with E-state index in [-0.39, 0.29) is 5.75 Å². The van der Waals surface area contributed by atoms with E-state index >= 15 is 0 Å². The van der Waals surface area contributed by atoms with E-state index < -0.39 is 0 Å². The number of nitrogens with zero attached hydrogens (tertiary/aromatic N) is 2. The number of nitrogens with two attached hydrogens (primary N) is 1. The van der Waals surface area contributed by atoms with E-state index in [0.29, 0.717) is 17.4 Å². The van der Waals surface area contributed by atoms with E-state index in [1.54, 1.807) is 25.4 Å². The molecule has 29 heavy (non-hydrogen) atoms. The molecule has 0 unspecified atom stereocenters. The predicted molar refractivity (Wildman–Crippen MR) is 115 cm³/mol. The molecule has 0 aliphatic carbocycles. The molecule has 4 rings (SSSR count). The molecule has 0 fully saturated rings. The van der Waals surface area contributed by atoms with Crippen LogP contribution in [0.25, 0.3) is 22.4 Å². The number of nitrogens with one attached hydrogen (secondary N) is 1. The molecule has 0 saturated carbocycles. The van der Waals surface area contributed by atoms with E-state index in [4.69, 9.17) is 10.5 Å². The Morgan fingerprint density at radius 3 is 2.45 bits per heavy atom. The maximum atomic E-state index is 9.72. The van der Waals surface area contributed by atoms with Gasteiger partial charge >= 0.3 is 0 Å². The van der Waals surface area contributed by atoms with Crippen molar-refractivity contribution in [2.24, 2.45) is 0 Å². The van der Waals surface area contributed by atoms with Crippen LogP contribution in [-0.4, -0.2) is 22.2 Å². The van der Waals surface area contributed by atoms with Crippen molar-refractivity contribution in [3.8, 4) is 33.9 Å². The second-order valence-electron chi connectivity index (χ2n) is 6.48. The number of phenolic OH excluding ortho intramolecular Hbond substituents is 1. The van der Waals surface area contributed by atoms with Crippen LogP contribution in [0.3, 0.4) is 0 Å². The van der Waals surface area contributed by atoms with Gasteiger partial charge in [-0.1, -0.05) is 24.3 Å². The standard InChI is InChI=1S/C23H20N4O2/c1-29-22-9-8-17(14-20(22)24)21-10-11-25-23(27-21)26-18-6-2-4-15(12-18)16-5-3-7-19(28)13-16/h2-14,28H,24H2,1H3,(H,25,26,27). The molecule has 0 radical (unpaired) electrons. The summed E-state index contributed by atoms with van der Waals surface area (Å²) in [6, 6.07) is 22.4. The number of phenols is 1. The summed E-state index contributed by atoms with van der Waals surface area (Å²) in [6.45, 7) is 0. The van der Waals surface area contributed by atoms with E-state index in [2.05, 4.69) is 15.3 Å². The molecule has 6 heteroatoms. The first-order valence-corrected chi connectivity index (χ1v) is 9.06. The van der Waals surface area contributed by atoms with Crippen molar-refractivity contribution in [2.75, 3.05) is 18.2 Å². The fraction of sp³-hybridized carbons (Fsp3) is 0.0435. The van der Waals surface area contributed by atoms with Crippen molar-refractivity contribution in [1.82, 2.24) is 9.97 Å². The lowest BCUT2D eigenvalue weighted by atomic mass is 10.0. The third kappa shape index (κ3) is 4.11. The van der Waals surface area contributed by atoms with Crippen LogP contribution in [0.2, 0.25) is 0 Å². The van der Waals surface area contributed by atoms with Gasteiger partial charge in [0.2, 0.25) is 5.95 Å². The fourth-order valence-corrected chi connectivity index (χ4v) is 3.06. The molecule has 4 aromatic rings. The number of rotatable bonds is 5. The number of methoxy groups -OCH3 is 1. The number of nitrogen functional groups attached to an aromatic ring is 1. The number of aromatic nitrogens is 2. The molecule has 0 saturated heterocycles. The van der Waals surface area contributed by atoms with Gasteiger partial charge in [0, 0.05) is 17.4 Å². The van der Waals surface area contributed by atoms with Crippen molar-refractivity contribution in [2.45, 2.75) is 0 Å². The number of hydrogen-bond donors (Lipinski definition) is 3. The third-order valence-corrected chi connectivity index (χ3v) is 4.48. The van der Waals surface area contributed by atoms with Gasteiger partial charge in [-0.05, 0) is 59.7 Å². The SMILES string of the molecule is COc1ccc(-c2ccnc(Nc3cccc(-c4cccc(O)c4)c3)n2)cc1N. The van der Waals surface area contributed by atoms with Crippen LogP contribution < -0.4 is 15.8 Å². The Labute approximate surface area is 168 Å². The van der Waals surface area contributed by atoms with E-state index in [0.717, 1.165) is 28.1 Å². The molecule has 1 heterocycles. The van der Waals surface area contributed by atoms with Crippen LogP contribution in [0, 0.1) is 0 Å². The minimum Gasteiger partial charge on any atom is -0.508 e. The van der Waals surface area contributed by atoms with Gasteiger partial charge in [0.1, 0.15) is 11.5 Å². The van der Waals surface area contributed by atoms with Gasteiger partial charge in [0.05, 0.1) is 18.5 Å². The predicted octanol–water partition coefficient (Wildman–Crippen LogP) is 4.85. The van der Waals surface area contributed by atoms with Crippen molar-refractivity contribution in [3.05, 3.63) is 79.0 Å². The van der Waals surface area contributed by atoms with Crippen molar-refractivity contribution in [3.63, 3.8) is 0 Å². The lowest BCUT2D eigenvalue weighted by Gasteiger charge is -2.10. The van der Waals surface area contributed by atoms with Crippen LogP contribution in [0.5, 0.6) is 11.5 Å². The quantitative estimate of drug-likeness (QED) is 0.426. The van der Waals surface area contributed by atoms with Gasteiger partial charge in [-0.3, -0.25) is 0 Å². The molecule has 0 bridgehead atoms. The topological polar surface area (TPSA) is 93.3 Å². The maximum absolute atomic E-state index is 9.72. The van der Waals surface area contributed by atoms with E-state index in [1.807, 2.05) is 60.7 Å². The highest BCUT2D eigenvalue weighted by atomic mass is 16.5. The zero-order valence-corrected chi connectivity index (χ0v) is 15.8. The monoisotopic (exact) mass is 384 g/mol. The van der Waals surface area contributed by atoms with Crippen LogP contribution in [0.4, 0.5) is 17.3 Å². The summed E-state index contributed by atoms with van der Waals surface area (Å²) in [5.74, 6) is 1.34. The molecule has 6 nitrogen and oxygen atoms in total. The highest BCUT2D eigenvalue weighted by Gasteiger charge is 2.07. The second kappa shape index (κ2) is 7.90. The highest BCUT2D eigenvalue weighted by molar-refractivity contribution is 5.72. The molecule has 0 atom stereocenters. The number of hydrogen-bond acceptors (Lipinski definition) is 6. The fourth-order valence-electron chi connectivity index (χ4n) is 3.06. The van der Waals surface area contributed by atoms with Gasteiger partial charge in [-0.15, -0.1) is 0 Å². The minimum absolute atomic E-state index is 0.232. The first kappa shape index (κ1) is 18.3. The molecular formula is C23H20N4O2. The Morgan fingerprint density at radius 1 is 0.897 bits per heavy atom. The first-order valence-electron chi connectivity index (χ1n) is 9.06. The molecule has 0 aliphatic heterocycles. The van der Waals surface area contributed by atoms with Crippen molar-refractivity contribution < 1.29 is 9.84 Å². The largest absolute Gasteiger partial charge is 0.508 e. The highest BCUT2D eigenvalue weighted by Crippen LogP contribution is 2.29. The molecule has 0 spiro atoms. The summed E-state index contributed by atoms with van der Waals surface area (Å²) in [6.07, 6.45) is 1.70. The Kier molecular flexibility index (Phi) is 4.99. The van der Waals surface area contributed by atoms with Crippen LogP contribution >= 0.6 is 0 Å². The third-order valence-electron chi connectivity index (χ3n) is 4.48. The van der Waals surface area contributed by atoms with Crippen LogP contribution in [-0.2, 0) is 0 Å². The number of aromatic hydroxyl groups is 1. The smallest absolute Gasteiger partial charge is 0.227 e. The van der Waals surface area contributed by atoms with Gasteiger partial charge in [-0.25, -0.2) is 9.97 Å². The summed E-state index contributed by atoms with van der Waals surface area (Å²) >= 11 is 0. The Balaban J connectivity index is 1.60. The summed E-state index contributed by atoms with van der Waals surface area (Å²) in [5, 5.41) is 13.0. The van der Waals surface area contributed by atoms with Gasteiger partial charge < -0.3 is 20.9 Å². The van der Waals surface area contributed by atoms with E-state index in [9.17, 15) is 5.11 Å². The van der Waals surface area contributed by atoms with Crippen molar-refractivity contribution >= 4 is 17.3 Å². The van der Waals surface area contributed by atoms with Crippen LogP contribution in [0.15, 0.2) is 79.0 Å². The average molecular weight is 384 g/mol. The molecule has 4 N–H and O–H groups in total. The molecule has 3 aromatic carbocycles. The molecule has 144 valence electrons. The lowest BCUT2D eigenvalue weighted by Crippen LogP contribution is -1.99.